The zero-order chi connectivity index (χ0) is 15.9. The predicted molar refractivity (Wildman–Crippen MR) is 90.8 cm³/mol. The Hall–Kier alpha value is -0.930. The molecule has 2 rings (SSSR count). The standard InChI is InChI=1S/C17H20BrClO2/c1-8-7-13(18)10(3)15(17(8)20-6)16(19)14-9(2)11(4)21-12(14)5/h7,16H,1-6H3. The van der Waals surface area contributed by atoms with Crippen LogP contribution in [-0.4, -0.2) is 7.11 Å². The molecule has 0 bridgehead atoms. The summed E-state index contributed by atoms with van der Waals surface area (Å²) in [6.45, 7) is 10.0. The maximum absolute atomic E-state index is 6.83. The minimum atomic E-state index is -0.298. The van der Waals surface area contributed by atoms with Gasteiger partial charge in [0.1, 0.15) is 17.3 Å². The van der Waals surface area contributed by atoms with Gasteiger partial charge in [-0.3, -0.25) is 0 Å². The molecule has 0 saturated heterocycles. The Kier molecular flexibility index (Phi) is 4.74. The van der Waals surface area contributed by atoms with Crippen LogP contribution in [0.25, 0.3) is 0 Å². The number of hydrogen-bond acceptors (Lipinski definition) is 2. The molecule has 0 saturated carbocycles. The average molecular weight is 372 g/mol. The Balaban J connectivity index is 2.71. The van der Waals surface area contributed by atoms with Gasteiger partial charge in [-0.1, -0.05) is 15.9 Å². The molecule has 21 heavy (non-hydrogen) atoms. The summed E-state index contributed by atoms with van der Waals surface area (Å²) in [4.78, 5) is 0. The molecule has 0 aliphatic carbocycles. The van der Waals surface area contributed by atoms with Crippen LogP contribution in [0.1, 0.15) is 44.7 Å². The molecular formula is C17H20BrClO2. The first-order valence-corrected chi connectivity index (χ1v) is 8.06. The van der Waals surface area contributed by atoms with Crippen LogP contribution in [0.2, 0.25) is 0 Å². The molecule has 1 aromatic heterocycles. The summed E-state index contributed by atoms with van der Waals surface area (Å²) < 4.78 is 12.4. The van der Waals surface area contributed by atoms with E-state index in [1.807, 2.05) is 34.6 Å². The largest absolute Gasteiger partial charge is 0.496 e. The molecule has 0 amide bonds. The fraction of sp³-hybridized carbons (Fsp3) is 0.412. The minimum Gasteiger partial charge on any atom is -0.496 e. The molecular weight excluding hydrogens is 352 g/mol. The highest BCUT2D eigenvalue weighted by Gasteiger charge is 2.26. The van der Waals surface area contributed by atoms with E-state index >= 15 is 0 Å². The highest BCUT2D eigenvalue weighted by Crippen LogP contribution is 2.44. The second-order valence-electron chi connectivity index (χ2n) is 5.36. The van der Waals surface area contributed by atoms with E-state index in [9.17, 15) is 0 Å². The summed E-state index contributed by atoms with van der Waals surface area (Å²) >= 11 is 10.4. The number of halogens is 2. The molecule has 114 valence electrons. The van der Waals surface area contributed by atoms with Crippen molar-refractivity contribution >= 4 is 27.5 Å². The van der Waals surface area contributed by atoms with E-state index in [4.69, 9.17) is 20.8 Å². The van der Waals surface area contributed by atoms with Crippen LogP contribution in [0.5, 0.6) is 5.75 Å². The van der Waals surface area contributed by atoms with Crippen LogP contribution in [0.15, 0.2) is 15.0 Å². The van der Waals surface area contributed by atoms with Crippen molar-refractivity contribution in [2.75, 3.05) is 7.11 Å². The first kappa shape index (κ1) is 16.4. The van der Waals surface area contributed by atoms with Gasteiger partial charge < -0.3 is 9.15 Å². The number of aryl methyl sites for hydroxylation is 3. The van der Waals surface area contributed by atoms with Gasteiger partial charge in [-0.05, 0) is 57.4 Å². The number of hydrogen-bond donors (Lipinski definition) is 0. The molecule has 0 spiro atoms. The third-order valence-corrected chi connectivity index (χ3v) is 5.30. The molecule has 1 atom stereocenters. The molecule has 2 aromatic rings. The lowest BCUT2D eigenvalue weighted by molar-refractivity contribution is 0.406. The van der Waals surface area contributed by atoms with Gasteiger partial charge >= 0.3 is 0 Å². The van der Waals surface area contributed by atoms with Crippen LogP contribution in [0.4, 0.5) is 0 Å². The lowest BCUT2D eigenvalue weighted by Crippen LogP contribution is -2.04. The topological polar surface area (TPSA) is 22.4 Å². The summed E-state index contributed by atoms with van der Waals surface area (Å²) in [6, 6.07) is 2.06. The van der Waals surface area contributed by atoms with Crippen molar-refractivity contribution in [3.05, 3.63) is 49.9 Å². The van der Waals surface area contributed by atoms with Crippen LogP contribution >= 0.6 is 27.5 Å². The zero-order valence-electron chi connectivity index (χ0n) is 13.2. The maximum atomic E-state index is 6.83. The van der Waals surface area contributed by atoms with Crippen molar-refractivity contribution in [2.24, 2.45) is 0 Å². The molecule has 1 aromatic carbocycles. The number of alkyl halides is 1. The van der Waals surface area contributed by atoms with Gasteiger partial charge in [0.15, 0.2) is 0 Å². The molecule has 0 aliphatic heterocycles. The van der Waals surface area contributed by atoms with Crippen molar-refractivity contribution in [3.8, 4) is 5.75 Å². The quantitative estimate of drug-likeness (QED) is 0.625. The molecule has 1 unspecified atom stereocenters. The zero-order valence-corrected chi connectivity index (χ0v) is 15.6. The number of methoxy groups -OCH3 is 1. The summed E-state index contributed by atoms with van der Waals surface area (Å²) in [5.41, 5.74) is 5.29. The number of furan rings is 1. The summed E-state index contributed by atoms with van der Waals surface area (Å²) in [7, 11) is 1.68. The smallest absolute Gasteiger partial charge is 0.127 e. The Morgan fingerprint density at radius 1 is 1.05 bits per heavy atom. The van der Waals surface area contributed by atoms with Gasteiger partial charge in [0.2, 0.25) is 0 Å². The number of rotatable bonds is 3. The van der Waals surface area contributed by atoms with Crippen molar-refractivity contribution in [2.45, 2.75) is 40.0 Å². The number of ether oxygens (including phenoxy) is 1. The molecule has 0 radical (unpaired) electrons. The first-order valence-electron chi connectivity index (χ1n) is 6.83. The van der Waals surface area contributed by atoms with Crippen molar-refractivity contribution in [1.82, 2.24) is 0 Å². The maximum Gasteiger partial charge on any atom is 0.127 e. The molecule has 0 aliphatic rings. The van der Waals surface area contributed by atoms with Crippen LogP contribution < -0.4 is 4.74 Å². The van der Waals surface area contributed by atoms with Crippen LogP contribution in [-0.2, 0) is 0 Å². The fourth-order valence-electron chi connectivity index (χ4n) is 2.78. The summed E-state index contributed by atoms with van der Waals surface area (Å²) in [5.74, 6) is 2.62. The number of benzene rings is 1. The molecule has 1 heterocycles. The van der Waals surface area contributed by atoms with Gasteiger partial charge in [-0.15, -0.1) is 11.6 Å². The van der Waals surface area contributed by atoms with Crippen molar-refractivity contribution in [3.63, 3.8) is 0 Å². The van der Waals surface area contributed by atoms with E-state index in [0.717, 1.165) is 49.6 Å². The van der Waals surface area contributed by atoms with Crippen LogP contribution in [0, 0.1) is 34.6 Å². The second-order valence-corrected chi connectivity index (χ2v) is 6.65. The third kappa shape index (κ3) is 2.74. The Bertz CT molecular complexity index is 689. The Labute approximate surface area is 139 Å². The lowest BCUT2D eigenvalue weighted by Gasteiger charge is -2.20. The highest BCUT2D eigenvalue weighted by molar-refractivity contribution is 9.10. The van der Waals surface area contributed by atoms with E-state index in [2.05, 4.69) is 22.0 Å². The predicted octanol–water partition coefficient (Wildman–Crippen LogP) is 5.92. The van der Waals surface area contributed by atoms with Gasteiger partial charge in [0.05, 0.1) is 12.5 Å². The molecule has 0 fully saturated rings. The van der Waals surface area contributed by atoms with E-state index in [1.54, 1.807) is 7.11 Å². The second kappa shape index (κ2) is 6.05. The molecule has 4 heteroatoms. The van der Waals surface area contributed by atoms with E-state index in [1.165, 1.54) is 0 Å². The fourth-order valence-corrected chi connectivity index (χ4v) is 3.92. The molecule has 0 N–H and O–H groups in total. The van der Waals surface area contributed by atoms with Gasteiger partial charge in [-0.2, -0.15) is 0 Å². The first-order chi connectivity index (χ1) is 9.79. The van der Waals surface area contributed by atoms with E-state index < -0.39 is 0 Å². The SMILES string of the molecule is COc1c(C)cc(Br)c(C)c1C(Cl)c1c(C)oc(C)c1C. The van der Waals surface area contributed by atoms with Crippen molar-refractivity contribution in [1.29, 1.82) is 0 Å². The van der Waals surface area contributed by atoms with Gasteiger partial charge in [0, 0.05) is 15.6 Å². The monoisotopic (exact) mass is 370 g/mol. The lowest BCUT2D eigenvalue weighted by atomic mass is 9.94. The van der Waals surface area contributed by atoms with Crippen molar-refractivity contribution < 1.29 is 9.15 Å². The Morgan fingerprint density at radius 3 is 2.14 bits per heavy atom. The minimum absolute atomic E-state index is 0.298. The normalized spacial score (nSPS) is 12.6. The Morgan fingerprint density at radius 2 is 1.67 bits per heavy atom. The summed E-state index contributed by atoms with van der Waals surface area (Å²) in [6.07, 6.45) is 0. The average Bonchev–Trinajstić information content (AvgIpc) is 2.66. The van der Waals surface area contributed by atoms with Crippen LogP contribution in [0.3, 0.4) is 0 Å². The van der Waals surface area contributed by atoms with Gasteiger partial charge in [-0.25, -0.2) is 0 Å². The summed E-state index contributed by atoms with van der Waals surface area (Å²) in [5, 5.41) is -0.298. The van der Waals surface area contributed by atoms with Gasteiger partial charge in [0.25, 0.3) is 0 Å². The third-order valence-electron chi connectivity index (χ3n) is 4.04. The molecule has 2 nitrogen and oxygen atoms in total. The highest BCUT2D eigenvalue weighted by atomic mass is 79.9. The van der Waals surface area contributed by atoms with E-state index in [-0.39, 0.29) is 5.38 Å². The van der Waals surface area contributed by atoms with E-state index in [0.29, 0.717) is 0 Å².